The molecule has 0 spiro atoms. The summed E-state index contributed by atoms with van der Waals surface area (Å²) in [4.78, 5) is 17.5. The summed E-state index contributed by atoms with van der Waals surface area (Å²) in [6.45, 7) is 5.01. The summed E-state index contributed by atoms with van der Waals surface area (Å²) in [6.07, 6.45) is -0.694. The van der Waals surface area contributed by atoms with Crippen molar-refractivity contribution in [1.82, 2.24) is 9.55 Å². The molecule has 0 radical (unpaired) electrons. The molecule has 0 unspecified atom stereocenters. The molecule has 1 atom stereocenters. The van der Waals surface area contributed by atoms with Gasteiger partial charge in [0, 0.05) is 12.9 Å². The summed E-state index contributed by atoms with van der Waals surface area (Å²) >= 11 is 1.34. The largest absolute Gasteiger partial charge is 0.491 e. The van der Waals surface area contributed by atoms with Gasteiger partial charge in [-0.15, -0.1) is 0 Å². The molecule has 0 fully saturated rings. The third-order valence-electron chi connectivity index (χ3n) is 4.39. The van der Waals surface area contributed by atoms with Crippen LogP contribution < -0.4 is 10.3 Å². The number of hydrogen-bond donors (Lipinski definition) is 1. The monoisotopic (exact) mass is 414 g/mol. The van der Waals surface area contributed by atoms with Crippen molar-refractivity contribution in [2.75, 3.05) is 26.1 Å². The van der Waals surface area contributed by atoms with Gasteiger partial charge in [0.25, 0.3) is 5.56 Å². The van der Waals surface area contributed by atoms with Gasteiger partial charge in [-0.3, -0.25) is 9.36 Å². The normalized spacial score (nSPS) is 12.3. The molecule has 3 aromatic rings. The number of para-hydroxylation sites is 1. The molecule has 7 heteroatoms. The lowest BCUT2D eigenvalue weighted by atomic mass is 10.1. The molecule has 0 amide bonds. The van der Waals surface area contributed by atoms with Crippen LogP contribution in [0, 0.1) is 13.8 Å². The van der Waals surface area contributed by atoms with Gasteiger partial charge in [-0.05, 0) is 49.2 Å². The lowest BCUT2D eigenvalue weighted by Gasteiger charge is -2.15. The Bertz CT molecular complexity index is 1010. The Labute approximate surface area is 174 Å². The van der Waals surface area contributed by atoms with Crippen LogP contribution in [0.5, 0.6) is 5.75 Å². The standard InChI is InChI=1S/C22H26N2O4S/c1-15-10-16(2)12-18(11-15)28-13-17(25)14-29-22-23-20-7-5-4-6-19(20)21(26)24(22)8-9-27-3/h4-7,10-12,17,25H,8-9,13-14H2,1-3H3/t17-/m1/s1. The van der Waals surface area contributed by atoms with Crippen molar-refractivity contribution >= 4 is 22.7 Å². The molecule has 0 aliphatic rings. The summed E-state index contributed by atoms with van der Waals surface area (Å²) in [6, 6.07) is 13.2. The van der Waals surface area contributed by atoms with E-state index in [1.807, 2.05) is 44.2 Å². The molecule has 3 rings (SSSR count). The van der Waals surface area contributed by atoms with E-state index in [4.69, 9.17) is 9.47 Å². The number of rotatable bonds is 9. The van der Waals surface area contributed by atoms with E-state index >= 15 is 0 Å². The smallest absolute Gasteiger partial charge is 0.262 e. The lowest BCUT2D eigenvalue weighted by Crippen LogP contribution is -2.26. The van der Waals surface area contributed by atoms with Crippen molar-refractivity contribution in [1.29, 1.82) is 0 Å². The van der Waals surface area contributed by atoms with E-state index in [1.165, 1.54) is 11.8 Å². The summed E-state index contributed by atoms with van der Waals surface area (Å²) in [5, 5.41) is 11.5. The Balaban J connectivity index is 1.70. The number of ether oxygens (including phenoxy) is 2. The highest BCUT2D eigenvalue weighted by molar-refractivity contribution is 7.99. The topological polar surface area (TPSA) is 73.6 Å². The maximum atomic E-state index is 12.8. The average molecular weight is 415 g/mol. The van der Waals surface area contributed by atoms with Crippen LogP contribution in [0.15, 0.2) is 52.4 Å². The number of aryl methyl sites for hydroxylation is 2. The third-order valence-corrected chi connectivity index (χ3v) is 5.51. The third kappa shape index (κ3) is 5.59. The van der Waals surface area contributed by atoms with Crippen LogP contribution >= 0.6 is 11.8 Å². The second-order valence-corrected chi connectivity index (χ2v) is 7.95. The van der Waals surface area contributed by atoms with Crippen molar-refractivity contribution in [3.8, 4) is 5.75 Å². The number of thioether (sulfide) groups is 1. The first-order chi connectivity index (χ1) is 14.0. The predicted molar refractivity (Wildman–Crippen MR) is 116 cm³/mol. The van der Waals surface area contributed by atoms with Crippen molar-refractivity contribution in [2.24, 2.45) is 0 Å². The maximum Gasteiger partial charge on any atom is 0.262 e. The predicted octanol–water partition coefficient (Wildman–Crippen LogP) is 3.19. The van der Waals surface area contributed by atoms with Gasteiger partial charge in [-0.2, -0.15) is 0 Å². The number of benzene rings is 2. The Morgan fingerprint density at radius 2 is 1.90 bits per heavy atom. The summed E-state index contributed by atoms with van der Waals surface area (Å²) < 4.78 is 12.5. The lowest BCUT2D eigenvalue weighted by molar-refractivity contribution is 0.126. The summed E-state index contributed by atoms with van der Waals surface area (Å²) in [5.74, 6) is 1.11. The van der Waals surface area contributed by atoms with Crippen LogP contribution in [-0.4, -0.2) is 46.8 Å². The molecule has 0 bridgehead atoms. The molecule has 29 heavy (non-hydrogen) atoms. The van der Waals surface area contributed by atoms with Gasteiger partial charge in [0.05, 0.1) is 30.2 Å². The van der Waals surface area contributed by atoms with Crippen molar-refractivity contribution in [2.45, 2.75) is 31.7 Å². The highest BCUT2D eigenvalue weighted by Crippen LogP contribution is 2.20. The SMILES string of the molecule is COCCn1c(SC[C@H](O)COc2cc(C)cc(C)c2)nc2ccccc2c1=O. The number of aliphatic hydroxyl groups excluding tert-OH is 1. The number of aromatic nitrogens is 2. The highest BCUT2D eigenvalue weighted by atomic mass is 32.2. The Morgan fingerprint density at radius 3 is 2.62 bits per heavy atom. The van der Waals surface area contributed by atoms with E-state index in [1.54, 1.807) is 17.7 Å². The summed E-state index contributed by atoms with van der Waals surface area (Å²) in [5.41, 5.74) is 2.78. The first kappa shape index (κ1) is 21.4. The minimum Gasteiger partial charge on any atom is -0.491 e. The molecule has 1 N–H and O–H groups in total. The van der Waals surface area contributed by atoms with Crippen LogP contribution in [0.4, 0.5) is 0 Å². The van der Waals surface area contributed by atoms with Gasteiger partial charge in [-0.1, -0.05) is 30.0 Å². The van der Waals surface area contributed by atoms with Crippen molar-refractivity contribution in [3.05, 3.63) is 63.9 Å². The van der Waals surface area contributed by atoms with Crippen LogP contribution in [0.3, 0.4) is 0 Å². The van der Waals surface area contributed by atoms with Crippen LogP contribution in [0.1, 0.15) is 11.1 Å². The number of methoxy groups -OCH3 is 1. The second-order valence-electron chi connectivity index (χ2n) is 6.96. The minimum absolute atomic E-state index is 0.101. The minimum atomic E-state index is -0.694. The van der Waals surface area contributed by atoms with Crippen molar-refractivity contribution in [3.63, 3.8) is 0 Å². The first-order valence-corrected chi connectivity index (χ1v) is 10.5. The molecule has 0 saturated carbocycles. The molecule has 154 valence electrons. The van der Waals surface area contributed by atoms with E-state index in [9.17, 15) is 9.90 Å². The molecule has 1 aromatic heterocycles. The van der Waals surface area contributed by atoms with Gasteiger partial charge >= 0.3 is 0 Å². The number of fused-ring (bicyclic) bond motifs is 1. The Morgan fingerprint density at radius 1 is 1.17 bits per heavy atom. The Hall–Kier alpha value is -2.35. The number of nitrogens with zero attached hydrogens (tertiary/aromatic N) is 2. The zero-order chi connectivity index (χ0) is 20.8. The van der Waals surface area contributed by atoms with Gasteiger partial charge in [0.2, 0.25) is 0 Å². The van der Waals surface area contributed by atoms with E-state index in [0.29, 0.717) is 35.0 Å². The number of aliphatic hydroxyl groups is 1. The van der Waals surface area contributed by atoms with Crippen molar-refractivity contribution < 1.29 is 14.6 Å². The fourth-order valence-corrected chi connectivity index (χ4v) is 4.00. The van der Waals surface area contributed by atoms with Crippen LogP contribution in [0.2, 0.25) is 0 Å². The van der Waals surface area contributed by atoms with Gasteiger partial charge in [-0.25, -0.2) is 4.98 Å². The molecule has 0 aliphatic heterocycles. The van der Waals surface area contributed by atoms with E-state index < -0.39 is 6.10 Å². The zero-order valence-corrected chi connectivity index (χ0v) is 17.7. The Kier molecular flexibility index (Phi) is 7.30. The summed E-state index contributed by atoms with van der Waals surface area (Å²) in [7, 11) is 1.60. The molecular weight excluding hydrogens is 388 g/mol. The fourth-order valence-electron chi connectivity index (χ4n) is 3.07. The second kappa shape index (κ2) is 9.91. The molecule has 2 aromatic carbocycles. The van der Waals surface area contributed by atoms with Gasteiger partial charge in [0.1, 0.15) is 12.4 Å². The number of hydrogen-bond acceptors (Lipinski definition) is 6. The molecular formula is C22H26N2O4S. The van der Waals surface area contributed by atoms with Crippen LogP contribution in [0.25, 0.3) is 10.9 Å². The molecule has 0 aliphatic carbocycles. The van der Waals surface area contributed by atoms with Crippen LogP contribution in [-0.2, 0) is 11.3 Å². The maximum absolute atomic E-state index is 12.8. The van der Waals surface area contributed by atoms with Gasteiger partial charge in [0.15, 0.2) is 5.16 Å². The molecule has 1 heterocycles. The quantitative estimate of drug-likeness (QED) is 0.428. The molecule has 0 saturated heterocycles. The van der Waals surface area contributed by atoms with Gasteiger partial charge < -0.3 is 14.6 Å². The molecule has 6 nitrogen and oxygen atoms in total. The average Bonchev–Trinajstić information content (AvgIpc) is 2.69. The first-order valence-electron chi connectivity index (χ1n) is 9.48. The van der Waals surface area contributed by atoms with E-state index in [2.05, 4.69) is 11.1 Å². The van der Waals surface area contributed by atoms with E-state index in [0.717, 1.165) is 16.9 Å². The van der Waals surface area contributed by atoms with E-state index in [-0.39, 0.29) is 12.2 Å². The fraction of sp³-hybridized carbons (Fsp3) is 0.364. The zero-order valence-electron chi connectivity index (χ0n) is 16.9. The highest BCUT2D eigenvalue weighted by Gasteiger charge is 2.14.